The number of nitrogens with zero attached hydrogens (tertiary/aromatic N) is 1. The molecule has 0 spiro atoms. The summed E-state index contributed by atoms with van der Waals surface area (Å²) in [5.41, 5.74) is 1.08. The molecule has 100 valence electrons. The number of rotatable bonds is 3. The lowest BCUT2D eigenvalue weighted by molar-refractivity contribution is 0.250. The summed E-state index contributed by atoms with van der Waals surface area (Å²) in [5.74, 6) is -0.150. The molecule has 0 bridgehead atoms. The number of thiophene rings is 1. The third-order valence-corrected chi connectivity index (χ3v) is 4.80. The van der Waals surface area contributed by atoms with Crippen LogP contribution in [0.1, 0.15) is 29.3 Å². The standard InChI is InChI=1S/C15H15ClFNS/c16-15-7-6-13(19-15)10-18-8-2-5-14(18)11-3-1-4-12(17)9-11/h1,3-4,6-7,9,14H,2,5,8,10H2/t14-/m0/s1. The Morgan fingerprint density at radius 1 is 1.32 bits per heavy atom. The first kappa shape index (κ1) is 13.1. The number of hydrogen-bond donors (Lipinski definition) is 0. The van der Waals surface area contributed by atoms with Gasteiger partial charge in [-0.15, -0.1) is 11.3 Å². The Balaban J connectivity index is 1.78. The monoisotopic (exact) mass is 295 g/mol. The van der Waals surface area contributed by atoms with E-state index in [-0.39, 0.29) is 5.82 Å². The van der Waals surface area contributed by atoms with Crippen LogP contribution in [0.25, 0.3) is 0 Å². The molecule has 0 N–H and O–H groups in total. The second-order valence-corrected chi connectivity index (χ2v) is 6.69. The van der Waals surface area contributed by atoms with Crippen molar-refractivity contribution in [2.24, 2.45) is 0 Å². The fourth-order valence-electron chi connectivity index (χ4n) is 2.74. The second-order valence-electron chi connectivity index (χ2n) is 4.89. The van der Waals surface area contributed by atoms with Crippen LogP contribution < -0.4 is 0 Å². The van der Waals surface area contributed by atoms with Gasteiger partial charge in [0.2, 0.25) is 0 Å². The first-order chi connectivity index (χ1) is 9.22. The Hall–Kier alpha value is -0.900. The minimum absolute atomic E-state index is 0.150. The van der Waals surface area contributed by atoms with Crippen molar-refractivity contribution in [3.63, 3.8) is 0 Å². The lowest BCUT2D eigenvalue weighted by Crippen LogP contribution is -2.22. The summed E-state index contributed by atoms with van der Waals surface area (Å²) >= 11 is 7.60. The molecule has 1 aromatic carbocycles. The van der Waals surface area contributed by atoms with Gasteiger partial charge < -0.3 is 0 Å². The van der Waals surface area contributed by atoms with Crippen LogP contribution in [0, 0.1) is 5.82 Å². The Morgan fingerprint density at radius 3 is 2.95 bits per heavy atom. The number of hydrogen-bond acceptors (Lipinski definition) is 2. The molecule has 0 unspecified atom stereocenters. The van der Waals surface area contributed by atoms with E-state index in [0.29, 0.717) is 6.04 Å². The molecule has 2 heterocycles. The van der Waals surface area contributed by atoms with Crippen molar-refractivity contribution < 1.29 is 4.39 Å². The SMILES string of the molecule is Fc1cccc([C@@H]2CCCN2Cc2ccc(Cl)s2)c1. The molecule has 1 aliphatic heterocycles. The average Bonchev–Trinajstić information content (AvgIpc) is 2.99. The summed E-state index contributed by atoms with van der Waals surface area (Å²) in [4.78, 5) is 3.69. The summed E-state index contributed by atoms with van der Waals surface area (Å²) in [5, 5.41) is 0. The van der Waals surface area contributed by atoms with Gasteiger partial charge in [-0.25, -0.2) is 4.39 Å². The van der Waals surface area contributed by atoms with Crippen molar-refractivity contribution in [1.82, 2.24) is 4.90 Å². The molecule has 1 atom stereocenters. The largest absolute Gasteiger partial charge is 0.291 e. The van der Waals surface area contributed by atoms with Gasteiger partial charge in [0.25, 0.3) is 0 Å². The van der Waals surface area contributed by atoms with Crippen LogP contribution in [-0.2, 0) is 6.54 Å². The molecule has 1 fully saturated rings. The van der Waals surface area contributed by atoms with E-state index in [9.17, 15) is 4.39 Å². The van der Waals surface area contributed by atoms with Gasteiger partial charge in [-0.1, -0.05) is 23.7 Å². The molecular weight excluding hydrogens is 281 g/mol. The van der Waals surface area contributed by atoms with Crippen LogP contribution in [0.15, 0.2) is 36.4 Å². The number of likely N-dealkylation sites (tertiary alicyclic amines) is 1. The van der Waals surface area contributed by atoms with Crippen LogP contribution in [0.2, 0.25) is 4.34 Å². The highest BCUT2D eigenvalue weighted by Gasteiger charge is 2.26. The maximum absolute atomic E-state index is 13.3. The maximum Gasteiger partial charge on any atom is 0.123 e. The van der Waals surface area contributed by atoms with E-state index < -0.39 is 0 Å². The third kappa shape index (κ3) is 2.99. The fraction of sp³-hybridized carbons (Fsp3) is 0.333. The zero-order chi connectivity index (χ0) is 13.2. The van der Waals surface area contributed by atoms with Crippen molar-refractivity contribution in [3.8, 4) is 0 Å². The molecule has 0 aliphatic carbocycles. The van der Waals surface area contributed by atoms with Gasteiger partial charge in [0.15, 0.2) is 0 Å². The summed E-state index contributed by atoms with van der Waals surface area (Å²) < 4.78 is 14.2. The smallest absolute Gasteiger partial charge is 0.123 e. The zero-order valence-corrected chi connectivity index (χ0v) is 12.1. The van der Waals surface area contributed by atoms with E-state index in [2.05, 4.69) is 11.0 Å². The highest BCUT2D eigenvalue weighted by Crippen LogP contribution is 2.34. The molecule has 1 aliphatic rings. The quantitative estimate of drug-likeness (QED) is 0.780. The molecule has 0 radical (unpaired) electrons. The van der Waals surface area contributed by atoms with Crippen molar-refractivity contribution in [1.29, 1.82) is 0 Å². The lowest BCUT2D eigenvalue weighted by atomic mass is 10.0. The van der Waals surface area contributed by atoms with Gasteiger partial charge in [0.05, 0.1) is 4.34 Å². The Bertz CT molecular complexity index is 569. The minimum atomic E-state index is -0.150. The third-order valence-electron chi connectivity index (χ3n) is 3.58. The second kappa shape index (κ2) is 5.61. The number of halogens is 2. The summed E-state index contributed by atoms with van der Waals surface area (Å²) in [7, 11) is 0. The van der Waals surface area contributed by atoms with Crippen molar-refractivity contribution >= 4 is 22.9 Å². The average molecular weight is 296 g/mol. The molecular formula is C15H15ClFNS. The predicted octanol–water partition coefficient (Wildman–Crippen LogP) is 4.88. The van der Waals surface area contributed by atoms with Crippen molar-refractivity contribution in [2.75, 3.05) is 6.54 Å². The fourth-order valence-corrected chi connectivity index (χ4v) is 3.86. The van der Waals surface area contributed by atoms with Crippen LogP contribution >= 0.6 is 22.9 Å². The van der Waals surface area contributed by atoms with Gasteiger partial charge in [-0.3, -0.25) is 4.90 Å². The molecule has 2 aromatic rings. The Morgan fingerprint density at radius 2 is 2.21 bits per heavy atom. The predicted molar refractivity (Wildman–Crippen MR) is 78.1 cm³/mol. The van der Waals surface area contributed by atoms with Gasteiger partial charge in [0, 0.05) is 17.5 Å². The van der Waals surface area contributed by atoms with E-state index in [0.717, 1.165) is 29.4 Å². The van der Waals surface area contributed by atoms with Crippen LogP contribution in [0.3, 0.4) is 0 Å². The first-order valence-corrected chi connectivity index (χ1v) is 7.65. The van der Waals surface area contributed by atoms with Crippen LogP contribution in [0.4, 0.5) is 4.39 Å². The van der Waals surface area contributed by atoms with Gasteiger partial charge in [-0.2, -0.15) is 0 Å². The highest BCUT2D eigenvalue weighted by molar-refractivity contribution is 7.16. The molecule has 1 saturated heterocycles. The molecule has 19 heavy (non-hydrogen) atoms. The maximum atomic E-state index is 13.3. The summed E-state index contributed by atoms with van der Waals surface area (Å²) in [6, 6.07) is 11.3. The van der Waals surface area contributed by atoms with E-state index in [1.54, 1.807) is 23.5 Å². The van der Waals surface area contributed by atoms with Gasteiger partial charge in [0.1, 0.15) is 5.82 Å². The lowest BCUT2D eigenvalue weighted by Gasteiger charge is -2.24. The van der Waals surface area contributed by atoms with Crippen molar-refractivity contribution in [2.45, 2.75) is 25.4 Å². The minimum Gasteiger partial charge on any atom is -0.291 e. The van der Waals surface area contributed by atoms with E-state index in [1.165, 1.54) is 17.4 Å². The topological polar surface area (TPSA) is 3.24 Å². The zero-order valence-electron chi connectivity index (χ0n) is 10.5. The molecule has 1 nitrogen and oxygen atoms in total. The Kier molecular flexibility index (Phi) is 3.87. The van der Waals surface area contributed by atoms with Crippen LogP contribution in [-0.4, -0.2) is 11.4 Å². The van der Waals surface area contributed by atoms with E-state index >= 15 is 0 Å². The molecule has 3 rings (SSSR count). The van der Waals surface area contributed by atoms with Crippen molar-refractivity contribution in [3.05, 3.63) is 57.0 Å². The van der Waals surface area contributed by atoms with E-state index in [1.807, 2.05) is 12.1 Å². The molecule has 0 amide bonds. The number of benzene rings is 1. The highest BCUT2D eigenvalue weighted by atomic mass is 35.5. The van der Waals surface area contributed by atoms with Crippen LogP contribution in [0.5, 0.6) is 0 Å². The normalized spacial score (nSPS) is 20.0. The Labute approximate surface area is 121 Å². The molecule has 4 heteroatoms. The summed E-state index contributed by atoms with van der Waals surface area (Å²) in [6.45, 7) is 1.97. The van der Waals surface area contributed by atoms with Gasteiger partial charge in [-0.05, 0) is 49.2 Å². The summed E-state index contributed by atoms with van der Waals surface area (Å²) in [6.07, 6.45) is 2.27. The first-order valence-electron chi connectivity index (χ1n) is 6.46. The molecule has 0 saturated carbocycles. The van der Waals surface area contributed by atoms with Gasteiger partial charge >= 0.3 is 0 Å². The van der Waals surface area contributed by atoms with E-state index in [4.69, 9.17) is 11.6 Å². The molecule has 1 aromatic heterocycles.